The van der Waals surface area contributed by atoms with Crippen molar-refractivity contribution in [2.24, 2.45) is 5.73 Å². The molecular weight excluding hydrogens is 317 g/mol. The molecule has 0 aliphatic rings. The second kappa shape index (κ2) is 5.83. The van der Waals surface area contributed by atoms with Crippen LogP contribution in [0.25, 0.3) is 0 Å². The minimum atomic E-state index is -0.297. The Labute approximate surface area is 119 Å². The summed E-state index contributed by atoms with van der Waals surface area (Å²) < 4.78 is 14.1. The van der Waals surface area contributed by atoms with Gasteiger partial charge in [0.15, 0.2) is 0 Å². The zero-order valence-electron chi connectivity index (χ0n) is 9.54. The van der Waals surface area contributed by atoms with Crippen LogP contribution in [0.2, 0.25) is 5.02 Å². The summed E-state index contributed by atoms with van der Waals surface area (Å²) in [6.07, 6.45) is 0.499. The van der Waals surface area contributed by atoms with Crippen LogP contribution < -0.4 is 5.73 Å². The van der Waals surface area contributed by atoms with Crippen molar-refractivity contribution in [2.45, 2.75) is 12.5 Å². The van der Waals surface area contributed by atoms with Gasteiger partial charge in [-0.15, -0.1) is 0 Å². The SMILES string of the molecule is NC(Cc1cc(F)ccc1Cl)c1ccccc1Br. The molecule has 2 aromatic rings. The van der Waals surface area contributed by atoms with Gasteiger partial charge >= 0.3 is 0 Å². The first-order chi connectivity index (χ1) is 8.58. The molecule has 0 fully saturated rings. The normalized spacial score (nSPS) is 12.4. The van der Waals surface area contributed by atoms with Gasteiger partial charge in [0.05, 0.1) is 0 Å². The van der Waals surface area contributed by atoms with Crippen molar-refractivity contribution in [3.8, 4) is 0 Å². The van der Waals surface area contributed by atoms with E-state index in [0.29, 0.717) is 11.4 Å². The molecule has 18 heavy (non-hydrogen) atoms. The molecule has 0 radical (unpaired) electrons. The molecule has 0 saturated heterocycles. The third-order valence-electron chi connectivity index (χ3n) is 2.75. The Kier molecular flexibility index (Phi) is 4.38. The summed E-state index contributed by atoms with van der Waals surface area (Å²) in [5.41, 5.74) is 7.84. The van der Waals surface area contributed by atoms with Gasteiger partial charge in [-0.3, -0.25) is 0 Å². The number of benzene rings is 2. The molecule has 1 atom stereocenters. The highest BCUT2D eigenvalue weighted by atomic mass is 79.9. The van der Waals surface area contributed by atoms with Gasteiger partial charge in [-0.05, 0) is 41.8 Å². The van der Waals surface area contributed by atoms with Crippen LogP contribution in [-0.2, 0) is 6.42 Å². The number of nitrogens with two attached hydrogens (primary N) is 1. The first-order valence-corrected chi connectivity index (χ1v) is 6.69. The largest absolute Gasteiger partial charge is 0.324 e. The lowest BCUT2D eigenvalue weighted by molar-refractivity contribution is 0.622. The van der Waals surface area contributed by atoms with Crippen LogP contribution in [0.1, 0.15) is 17.2 Å². The van der Waals surface area contributed by atoms with E-state index < -0.39 is 0 Å². The molecule has 0 bridgehead atoms. The highest BCUT2D eigenvalue weighted by Crippen LogP contribution is 2.27. The fraction of sp³-hybridized carbons (Fsp3) is 0.143. The van der Waals surface area contributed by atoms with Crippen molar-refractivity contribution < 1.29 is 4.39 Å². The molecule has 94 valence electrons. The summed E-state index contributed by atoms with van der Waals surface area (Å²) in [5, 5.41) is 0.541. The second-order valence-electron chi connectivity index (χ2n) is 4.07. The van der Waals surface area contributed by atoms with Crippen molar-refractivity contribution in [3.63, 3.8) is 0 Å². The van der Waals surface area contributed by atoms with Gasteiger partial charge in [0.25, 0.3) is 0 Å². The summed E-state index contributed by atoms with van der Waals surface area (Å²) in [7, 11) is 0. The quantitative estimate of drug-likeness (QED) is 0.883. The Morgan fingerprint density at radius 3 is 2.67 bits per heavy atom. The average Bonchev–Trinajstić information content (AvgIpc) is 2.34. The maximum Gasteiger partial charge on any atom is 0.123 e. The molecule has 0 aliphatic carbocycles. The van der Waals surface area contributed by atoms with Crippen LogP contribution in [0.3, 0.4) is 0 Å². The number of hydrogen-bond acceptors (Lipinski definition) is 1. The lowest BCUT2D eigenvalue weighted by atomic mass is 10.00. The number of halogens is 3. The van der Waals surface area contributed by atoms with E-state index in [0.717, 1.165) is 15.6 Å². The van der Waals surface area contributed by atoms with E-state index in [-0.39, 0.29) is 11.9 Å². The third kappa shape index (κ3) is 3.10. The summed E-state index contributed by atoms with van der Waals surface area (Å²) in [6, 6.07) is 11.8. The summed E-state index contributed by atoms with van der Waals surface area (Å²) in [5.74, 6) is -0.297. The van der Waals surface area contributed by atoms with Crippen molar-refractivity contribution in [2.75, 3.05) is 0 Å². The van der Waals surface area contributed by atoms with E-state index in [1.165, 1.54) is 12.1 Å². The van der Waals surface area contributed by atoms with Crippen LogP contribution in [-0.4, -0.2) is 0 Å². The lowest BCUT2D eigenvalue weighted by Gasteiger charge is -2.14. The predicted octanol–water partition coefficient (Wildman–Crippen LogP) is 4.48. The van der Waals surface area contributed by atoms with Crippen molar-refractivity contribution >= 4 is 27.5 Å². The molecular formula is C14H12BrClFN. The molecule has 1 unspecified atom stereocenters. The topological polar surface area (TPSA) is 26.0 Å². The molecule has 0 aliphatic heterocycles. The fourth-order valence-corrected chi connectivity index (χ4v) is 2.60. The third-order valence-corrected chi connectivity index (χ3v) is 3.84. The first kappa shape index (κ1) is 13.5. The Morgan fingerprint density at radius 2 is 1.94 bits per heavy atom. The molecule has 0 amide bonds. The average molecular weight is 329 g/mol. The number of rotatable bonds is 3. The van der Waals surface area contributed by atoms with Gasteiger partial charge in [-0.25, -0.2) is 4.39 Å². The minimum Gasteiger partial charge on any atom is -0.324 e. The molecule has 0 spiro atoms. The highest BCUT2D eigenvalue weighted by molar-refractivity contribution is 9.10. The zero-order chi connectivity index (χ0) is 13.1. The van der Waals surface area contributed by atoms with Crippen molar-refractivity contribution in [1.29, 1.82) is 0 Å². The summed E-state index contributed by atoms with van der Waals surface area (Å²) in [6.45, 7) is 0. The molecule has 0 saturated carbocycles. The van der Waals surface area contributed by atoms with Gasteiger partial charge in [0.1, 0.15) is 5.82 Å². The molecule has 0 aromatic heterocycles. The van der Waals surface area contributed by atoms with Gasteiger partial charge < -0.3 is 5.73 Å². The van der Waals surface area contributed by atoms with E-state index in [1.807, 2.05) is 24.3 Å². The lowest BCUT2D eigenvalue weighted by Crippen LogP contribution is -2.14. The molecule has 1 nitrogen and oxygen atoms in total. The maximum absolute atomic E-state index is 13.2. The minimum absolute atomic E-state index is 0.222. The Hall–Kier alpha value is -0.900. The number of hydrogen-bond donors (Lipinski definition) is 1. The van der Waals surface area contributed by atoms with E-state index in [9.17, 15) is 4.39 Å². The molecule has 2 N–H and O–H groups in total. The summed E-state index contributed by atoms with van der Waals surface area (Å²) >= 11 is 9.49. The smallest absolute Gasteiger partial charge is 0.123 e. The van der Waals surface area contributed by atoms with Crippen LogP contribution >= 0.6 is 27.5 Å². The Morgan fingerprint density at radius 1 is 1.22 bits per heavy atom. The maximum atomic E-state index is 13.2. The van der Waals surface area contributed by atoms with Crippen LogP contribution in [0, 0.1) is 5.82 Å². The van der Waals surface area contributed by atoms with Gasteiger partial charge in [0, 0.05) is 15.5 Å². The van der Waals surface area contributed by atoms with Crippen LogP contribution in [0.4, 0.5) is 4.39 Å². The van der Waals surface area contributed by atoms with Crippen LogP contribution in [0.15, 0.2) is 46.9 Å². The van der Waals surface area contributed by atoms with Crippen LogP contribution in [0.5, 0.6) is 0 Å². The summed E-state index contributed by atoms with van der Waals surface area (Å²) in [4.78, 5) is 0. The molecule has 2 rings (SSSR count). The van der Waals surface area contributed by atoms with Crippen molar-refractivity contribution in [1.82, 2.24) is 0 Å². The van der Waals surface area contributed by atoms with E-state index in [1.54, 1.807) is 6.07 Å². The van der Waals surface area contributed by atoms with Gasteiger partial charge in [-0.1, -0.05) is 45.7 Å². The molecule has 0 heterocycles. The first-order valence-electron chi connectivity index (χ1n) is 5.52. The predicted molar refractivity (Wildman–Crippen MR) is 76.2 cm³/mol. The Bertz CT molecular complexity index is 559. The Balaban J connectivity index is 2.24. The van der Waals surface area contributed by atoms with Gasteiger partial charge in [0.2, 0.25) is 0 Å². The van der Waals surface area contributed by atoms with E-state index >= 15 is 0 Å². The van der Waals surface area contributed by atoms with E-state index in [4.69, 9.17) is 17.3 Å². The monoisotopic (exact) mass is 327 g/mol. The second-order valence-corrected chi connectivity index (χ2v) is 5.33. The molecule has 2 aromatic carbocycles. The van der Waals surface area contributed by atoms with Crippen molar-refractivity contribution in [3.05, 3.63) is 68.9 Å². The fourth-order valence-electron chi connectivity index (χ4n) is 1.82. The van der Waals surface area contributed by atoms with E-state index in [2.05, 4.69) is 15.9 Å². The standard InChI is InChI=1S/C14H12BrClFN/c15-12-4-2-1-3-11(12)14(18)8-9-7-10(17)5-6-13(9)16/h1-7,14H,8,18H2. The molecule has 4 heteroatoms. The zero-order valence-corrected chi connectivity index (χ0v) is 11.9. The van der Waals surface area contributed by atoms with Gasteiger partial charge in [-0.2, -0.15) is 0 Å². The highest BCUT2D eigenvalue weighted by Gasteiger charge is 2.12.